The number of aromatic nitrogens is 1. The summed E-state index contributed by atoms with van der Waals surface area (Å²) in [5, 5.41) is 12.3. The molecule has 0 radical (unpaired) electrons. The number of aliphatic hydroxyl groups excluding tert-OH is 1. The average molecular weight is 444 g/mol. The fourth-order valence-electron chi connectivity index (χ4n) is 4.01. The van der Waals surface area contributed by atoms with E-state index in [0.717, 1.165) is 46.1 Å². The first-order valence-corrected chi connectivity index (χ1v) is 11.5. The van der Waals surface area contributed by atoms with Crippen molar-refractivity contribution in [1.82, 2.24) is 9.88 Å². The number of anilines is 1. The van der Waals surface area contributed by atoms with E-state index in [-0.39, 0.29) is 5.78 Å². The minimum absolute atomic E-state index is 0.0292. The van der Waals surface area contributed by atoms with Crippen LogP contribution in [-0.2, 0) is 0 Å². The van der Waals surface area contributed by atoms with Gasteiger partial charge < -0.3 is 15.7 Å². The third kappa shape index (κ3) is 6.19. The van der Waals surface area contributed by atoms with Gasteiger partial charge in [-0.1, -0.05) is 49.5 Å². The summed E-state index contributed by atoms with van der Waals surface area (Å²) in [5.74, 6) is 6.78. The van der Waals surface area contributed by atoms with Crippen LogP contribution in [0.25, 0.3) is 10.8 Å². The average Bonchev–Trinajstić information content (AvgIpc) is 2.80. The first-order valence-electron chi connectivity index (χ1n) is 11.5. The summed E-state index contributed by atoms with van der Waals surface area (Å²) >= 11 is 0. The van der Waals surface area contributed by atoms with E-state index in [1.54, 1.807) is 18.3 Å². The number of hydrogen-bond acceptors (Lipinski definition) is 5. The minimum Gasteiger partial charge on any atom is -0.392 e. The lowest BCUT2D eigenvalue weighted by molar-refractivity contribution is 0.0877. The van der Waals surface area contributed by atoms with Crippen LogP contribution in [0.3, 0.4) is 0 Å². The Bertz CT molecular complexity index is 1190. The van der Waals surface area contributed by atoms with Crippen LogP contribution in [0.15, 0.2) is 42.6 Å². The Labute approximate surface area is 196 Å². The first-order chi connectivity index (χ1) is 15.8. The molecule has 0 aliphatic rings. The van der Waals surface area contributed by atoms with Crippen molar-refractivity contribution in [3.8, 4) is 11.8 Å². The van der Waals surface area contributed by atoms with Crippen molar-refractivity contribution in [1.29, 1.82) is 0 Å². The number of carbonyl (C=O) groups is 1. The fourth-order valence-corrected chi connectivity index (χ4v) is 4.01. The van der Waals surface area contributed by atoms with Crippen molar-refractivity contribution in [2.75, 3.05) is 25.4 Å². The topological polar surface area (TPSA) is 79.5 Å². The summed E-state index contributed by atoms with van der Waals surface area (Å²) in [6.07, 6.45) is 2.09. The summed E-state index contributed by atoms with van der Waals surface area (Å²) < 4.78 is 0. The molecule has 5 heteroatoms. The van der Waals surface area contributed by atoms with Crippen molar-refractivity contribution in [2.24, 2.45) is 0 Å². The number of aryl methyl sites for hydroxylation is 2. The van der Waals surface area contributed by atoms with Crippen LogP contribution in [0.1, 0.15) is 59.3 Å². The van der Waals surface area contributed by atoms with Crippen LogP contribution in [0.4, 0.5) is 5.82 Å². The minimum atomic E-state index is -0.494. The molecule has 0 saturated carbocycles. The molecule has 3 N–H and O–H groups in total. The van der Waals surface area contributed by atoms with Crippen molar-refractivity contribution >= 4 is 22.4 Å². The molecule has 33 heavy (non-hydrogen) atoms. The monoisotopic (exact) mass is 443 g/mol. The van der Waals surface area contributed by atoms with E-state index in [2.05, 4.69) is 61.6 Å². The lowest BCUT2D eigenvalue weighted by Crippen LogP contribution is -2.32. The number of nitrogens with zero attached hydrogens (tertiary/aromatic N) is 2. The number of nitrogens with two attached hydrogens (primary N) is 1. The second-order valence-corrected chi connectivity index (χ2v) is 8.49. The molecular formula is C28H33N3O2. The molecule has 0 bridgehead atoms. The lowest BCUT2D eigenvalue weighted by Gasteiger charge is -2.21. The van der Waals surface area contributed by atoms with E-state index in [1.165, 1.54) is 0 Å². The highest BCUT2D eigenvalue weighted by atomic mass is 16.3. The van der Waals surface area contributed by atoms with Gasteiger partial charge in [-0.2, -0.15) is 0 Å². The van der Waals surface area contributed by atoms with Gasteiger partial charge in [-0.15, -0.1) is 0 Å². The van der Waals surface area contributed by atoms with Gasteiger partial charge in [0.15, 0.2) is 5.78 Å². The molecule has 1 aromatic heterocycles. The van der Waals surface area contributed by atoms with E-state index in [0.29, 0.717) is 30.8 Å². The van der Waals surface area contributed by atoms with E-state index < -0.39 is 6.10 Å². The molecule has 0 spiro atoms. The van der Waals surface area contributed by atoms with Gasteiger partial charge in [0, 0.05) is 41.1 Å². The van der Waals surface area contributed by atoms with Crippen molar-refractivity contribution in [2.45, 2.75) is 46.6 Å². The van der Waals surface area contributed by atoms with E-state index in [9.17, 15) is 9.90 Å². The van der Waals surface area contributed by atoms with Crippen molar-refractivity contribution in [3.05, 3.63) is 70.4 Å². The van der Waals surface area contributed by atoms with Gasteiger partial charge in [-0.3, -0.25) is 4.79 Å². The zero-order valence-electron chi connectivity index (χ0n) is 20.0. The number of Topliss-reactive ketones (excluding diaryl/α,β-unsaturated/α-hetero) is 1. The van der Waals surface area contributed by atoms with Crippen LogP contribution < -0.4 is 5.73 Å². The fraction of sp³-hybridized carbons (Fsp3) is 0.357. The van der Waals surface area contributed by atoms with Crippen LogP contribution in [0.2, 0.25) is 0 Å². The molecule has 0 aliphatic heterocycles. The van der Waals surface area contributed by atoms with Gasteiger partial charge in [0.05, 0.1) is 11.7 Å². The SMILES string of the molecule is CCN(CC)CC(O)CCC(=O)c1ccc(C#Cc2c(N)ncc3c(C)cc(C)cc23)cc1. The molecule has 0 saturated heterocycles. The molecule has 3 rings (SSSR count). The number of aliphatic hydroxyl groups is 1. The molecule has 1 heterocycles. The summed E-state index contributed by atoms with van der Waals surface area (Å²) in [5.41, 5.74) is 10.6. The second kappa shape index (κ2) is 11.1. The second-order valence-electron chi connectivity index (χ2n) is 8.49. The summed E-state index contributed by atoms with van der Waals surface area (Å²) in [6, 6.07) is 11.5. The number of benzene rings is 2. The Hall–Kier alpha value is -3.20. The van der Waals surface area contributed by atoms with Crippen LogP contribution >= 0.6 is 0 Å². The number of likely N-dealkylation sites (N-methyl/N-ethyl adjacent to an activating group) is 1. The summed E-state index contributed by atoms with van der Waals surface area (Å²) in [7, 11) is 0. The molecule has 172 valence electrons. The van der Waals surface area contributed by atoms with Crippen LogP contribution in [0.5, 0.6) is 0 Å². The Morgan fingerprint density at radius 2 is 1.79 bits per heavy atom. The largest absolute Gasteiger partial charge is 0.392 e. The third-order valence-corrected chi connectivity index (χ3v) is 6.00. The van der Waals surface area contributed by atoms with Gasteiger partial charge >= 0.3 is 0 Å². The van der Waals surface area contributed by atoms with E-state index in [1.807, 2.05) is 12.1 Å². The zero-order valence-corrected chi connectivity index (χ0v) is 20.0. The number of ketones is 1. The summed E-state index contributed by atoms with van der Waals surface area (Å²) in [4.78, 5) is 19.0. The maximum absolute atomic E-state index is 12.5. The molecule has 3 aromatic rings. The molecule has 0 aliphatic carbocycles. The summed E-state index contributed by atoms with van der Waals surface area (Å²) in [6.45, 7) is 10.6. The van der Waals surface area contributed by atoms with Crippen LogP contribution in [-0.4, -0.2) is 46.5 Å². The van der Waals surface area contributed by atoms with E-state index >= 15 is 0 Å². The first kappa shape index (κ1) is 24.4. The highest BCUT2D eigenvalue weighted by Gasteiger charge is 2.13. The Morgan fingerprint density at radius 3 is 2.45 bits per heavy atom. The molecule has 0 fully saturated rings. The predicted octanol–water partition coefficient (Wildman–Crippen LogP) is 4.50. The van der Waals surface area contributed by atoms with Gasteiger partial charge in [0.1, 0.15) is 5.82 Å². The van der Waals surface area contributed by atoms with Crippen molar-refractivity contribution < 1.29 is 9.90 Å². The Morgan fingerprint density at radius 1 is 1.09 bits per heavy atom. The smallest absolute Gasteiger partial charge is 0.162 e. The zero-order chi connectivity index (χ0) is 24.0. The highest BCUT2D eigenvalue weighted by Crippen LogP contribution is 2.26. The maximum atomic E-state index is 12.5. The van der Waals surface area contributed by atoms with Crippen molar-refractivity contribution in [3.63, 3.8) is 0 Å². The molecule has 2 aromatic carbocycles. The van der Waals surface area contributed by atoms with Gasteiger partial charge in [0.2, 0.25) is 0 Å². The number of carbonyl (C=O) groups excluding carboxylic acids is 1. The van der Waals surface area contributed by atoms with Gasteiger partial charge in [0.25, 0.3) is 0 Å². The highest BCUT2D eigenvalue weighted by molar-refractivity contribution is 5.96. The molecule has 1 unspecified atom stereocenters. The standard InChI is InChI=1S/C28H33N3O2/c1-5-31(6-2)18-23(32)12-14-27(33)22-10-7-21(8-11-22)9-13-24-25-16-19(3)15-20(4)26(25)17-30-28(24)29/h7-8,10-11,15-17,23,32H,5-6,12,14,18H2,1-4H3,(H2,29,30). The lowest BCUT2D eigenvalue weighted by atomic mass is 10.00. The van der Waals surface area contributed by atoms with Gasteiger partial charge in [-0.25, -0.2) is 4.98 Å². The van der Waals surface area contributed by atoms with Crippen LogP contribution in [0, 0.1) is 25.7 Å². The third-order valence-electron chi connectivity index (χ3n) is 6.00. The molecule has 0 amide bonds. The number of pyridine rings is 1. The van der Waals surface area contributed by atoms with E-state index in [4.69, 9.17) is 5.73 Å². The Balaban J connectivity index is 1.71. The molecule has 5 nitrogen and oxygen atoms in total. The number of hydrogen-bond donors (Lipinski definition) is 2. The predicted molar refractivity (Wildman–Crippen MR) is 135 cm³/mol. The number of fused-ring (bicyclic) bond motifs is 1. The normalized spacial score (nSPS) is 11.9. The number of rotatable bonds is 8. The molecule has 1 atom stereocenters. The maximum Gasteiger partial charge on any atom is 0.162 e. The molecular weight excluding hydrogens is 410 g/mol. The Kier molecular flexibility index (Phi) is 8.21. The van der Waals surface area contributed by atoms with Gasteiger partial charge in [-0.05, 0) is 57.1 Å². The quantitative estimate of drug-likeness (QED) is 0.396. The number of nitrogen functional groups attached to an aromatic ring is 1.